The van der Waals surface area contributed by atoms with E-state index >= 15 is 0 Å². The molecule has 0 saturated carbocycles. The molecule has 0 aliphatic rings. The van der Waals surface area contributed by atoms with E-state index in [0.717, 1.165) is 24.1 Å². The van der Waals surface area contributed by atoms with Crippen molar-refractivity contribution in [2.75, 3.05) is 5.32 Å². The second kappa shape index (κ2) is 8.25. The predicted octanol–water partition coefficient (Wildman–Crippen LogP) is 4.99. The number of benzene rings is 2. The third-order valence-corrected chi connectivity index (χ3v) is 3.66. The van der Waals surface area contributed by atoms with E-state index in [4.69, 9.17) is 0 Å². The van der Waals surface area contributed by atoms with Crippen LogP contribution in [0.15, 0.2) is 60.7 Å². The van der Waals surface area contributed by atoms with E-state index < -0.39 is 0 Å². The molecule has 21 heavy (non-hydrogen) atoms. The zero-order valence-electron chi connectivity index (χ0n) is 12.6. The largest absolute Gasteiger partial charge is 0.326 e. The summed E-state index contributed by atoms with van der Waals surface area (Å²) >= 11 is 0. The number of rotatable bonds is 7. The van der Waals surface area contributed by atoms with Crippen LogP contribution in [0.1, 0.15) is 44.1 Å². The Balaban J connectivity index is 2.09. The van der Waals surface area contributed by atoms with Crippen molar-refractivity contribution < 1.29 is 4.79 Å². The van der Waals surface area contributed by atoms with Crippen LogP contribution < -0.4 is 5.32 Å². The summed E-state index contributed by atoms with van der Waals surface area (Å²) in [5, 5.41) is 3.03. The molecule has 2 aromatic carbocycles. The fourth-order valence-electron chi connectivity index (χ4n) is 2.48. The smallest absolute Gasteiger partial charge is 0.231 e. The van der Waals surface area contributed by atoms with Gasteiger partial charge in [0.05, 0.1) is 5.92 Å². The van der Waals surface area contributed by atoms with Crippen LogP contribution in [-0.4, -0.2) is 5.91 Å². The van der Waals surface area contributed by atoms with Gasteiger partial charge in [-0.1, -0.05) is 74.7 Å². The first-order valence-corrected chi connectivity index (χ1v) is 7.72. The fraction of sp³-hybridized carbons (Fsp3) is 0.316. The van der Waals surface area contributed by atoms with Crippen LogP contribution in [0.5, 0.6) is 0 Å². The SMILES string of the molecule is CCCCC[C@@H](C(=O)Nc1ccccc1)c1ccccc1. The highest BCUT2D eigenvalue weighted by Crippen LogP contribution is 2.24. The van der Waals surface area contributed by atoms with Crippen molar-refractivity contribution in [3.05, 3.63) is 66.2 Å². The normalized spacial score (nSPS) is 11.9. The number of para-hydroxylation sites is 1. The van der Waals surface area contributed by atoms with Crippen molar-refractivity contribution in [3.8, 4) is 0 Å². The third kappa shape index (κ3) is 4.75. The van der Waals surface area contributed by atoms with Gasteiger partial charge in [-0.2, -0.15) is 0 Å². The van der Waals surface area contributed by atoms with E-state index in [1.807, 2.05) is 60.7 Å². The van der Waals surface area contributed by atoms with Gasteiger partial charge in [-0.3, -0.25) is 4.79 Å². The molecule has 2 heteroatoms. The minimum Gasteiger partial charge on any atom is -0.326 e. The number of anilines is 1. The van der Waals surface area contributed by atoms with Crippen LogP contribution in [0.2, 0.25) is 0 Å². The van der Waals surface area contributed by atoms with Crippen LogP contribution in [0.4, 0.5) is 5.69 Å². The first-order chi connectivity index (χ1) is 10.3. The predicted molar refractivity (Wildman–Crippen MR) is 88.4 cm³/mol. The lowest BCUT2D eigenvalue weighted by Crippen LogP contribution is -2.21. The van der Waals surface area contributed by atoms with Gasteiger partial charge in [0.2, 0.25) is 5.91 Å². The van der Waals surface area contributed by atoms with Gasteiger partial charge in [0.15, 0.2) is 0 Å². The molecule has 0 aliphatic heterocycles. The Morgan fingerprint density at radius 2 is 1.57 bits per heavy atom. The molecule has 0 heterocycles. The number of carbonyl (C=O) groups is 1. The van der Waals surface area contributed by atoms with Gasteiger partial charge in [-0.05, 0) is 24.1 Å². The van der Waals surface area contributed by atoms with Crippen molar-refractivity contribution in [1.82, 2.24) is 0 Å². The Hall–Kier alpha value is -2.09. The average molecular weight is 281 g/mol. The van der Waals surface area contributed by atoms with Crippen molar-refractivity contribution in [3.63, 3.8) is 0 Å². The van der Waals surface area contributed by atoms with E-state index in [1.165, 1.54) is 12.8 Å². The summed E-state index contributed by atoms with van der Waals surface area (Å²) in [6.07, 6.45) is 4.32. The molecular weight excluding hydrogens is 258 g/mol. The van der Waals surface area contributed by atoms with E-state index in [9.17, 15) is 4.79 Å². The second-order valence-corrected chi connectivity index (χ2v) is 5.31. The lowest BCUT2D eigenvalue weighted by atomic mass is 9.92. The maximum absolute atomic E-state index is 12.6. The van der Waals surface area contributed by atoms with Crippen molar-refractivity contribution >= 4 is 11.6 Å². The topological polar surface area (TPSA) is 29.1 Å². The number of amides is 1. The number of hydrogen-bond acceptors (Lipinski definition) is 1. The summed E-state index contributed by atoms with van der Waals surface area (Å²) in [5.74, 6) is 0.0152. The van der Waals surface area contributed by atoms with E-state index in [2.05, 4.69) is 12.2 Å². The first kappa shape index (κ1) is 15.3. The third-order valence-electron chi connectivity index (χ3n) is 3.66. The minimum atomic E-state index is -0.0713. The monoisotopic (exact) mass is 281 g/mol. The molecular formula is C19H23NO. The molecule has 1 atom stereocenters. The lowest BCUT2D eigenvalue weighted by molar-refractivity contribution is -0.117. The van der Waals surface area contributed by atoms with Crippen molar-refractivity contribution in [2.24, 2.45) is 0 Å². The quantitative estimate of drug-likeness (QED) is 0.712. The summed E-state index contributed by atoms with van der Waals surface area (Å²) in [6.45, 7) is 2.18. The van der Waals surface area contributed by atoms with Gasteiger partial charge in [0.25, 0.3) is 0 Å². The van der Waals surface area contributed by atoms with Crippen LogP contribution in [0.25, 0.3) is 0 Å². The van der Waals surface area contributed by atoms with Gasteiger partial charge in [-0.25, -0.2) is 0 Å². The Morgan fingerprint density at radius 3 is 2.19 bits per heavy atom. The Morgan fingerprint density at radius 1 is 0.952 bits per heavy atom. The van der Waals surface area contributed by atoms with Crippen molar-refractivity contribution in [2.45, 2.75) is 38.5 Å². The summed E-state index contributed by atoms with van der Waals surface area (Å²) in [4.78, 5) is 12.6. The number of nitrogens with one attached hydrogen (secondary N) is 1. The minimum absolute atomic E-state index is 0.0713. The molecule has 0 aromatic heterocycles. The standard InChI is InChI=1S/C19H23NO/c1-2-3-6-15-18(16-11-7-4-8-12-16)19(21)20-17-13-9-5-10-14-17/h4-5,7-14,18H,2-3,6,15H2,1H3,(H,20,21)/t18-/m1/s1. The maximum Gasteiger partial charge on any atom is 0.231 e. The molecule has 0 spiro atoms. The Labute approximate surface area is 127 Å². The summed E-state index contributed by atoms with van der Waals surface area (Å²) in [6, 6.07) is 19.7. The molecule has 0 unspecified atom stereocenters. The number of carbonyl (C=O) groups excluding carboxylic acids is 1. The van der Waals surface area contributed by atoms with E-state index in [-0.39, 0.29) is 11.8 Å². The van der Waals surface area contributed by atoms with Crippen LogP contribution >= 0.6 is 0 Å². The zero-order valence-corrected chi connectivity index (χ0v) is 12.6. The highest BCUT2D eigenvalue weighted by atomic mass is 16.1. The average Bonchev–Trinajstić information content (AvgIpc) is 2.53. The first-order valence-electron chi connectivity index (χ1n) is 7.72. The molecule has 110 valence electrons. The van der Waals surface area contributed by atoms with E-state index in [0.29, 0.717) is 0 Å². The van der Waals surface area contributed by atoms with E-state index in [1.54, 1.807) is 0 Å². The second-order valence-electron chi connectivity index (χ2n) is 5.31. The molecule has 0 aliphatic carbocycles. The summed E-state index contributed by atoms with van der Waals surface area (Å²) in [5.41, 5.74) is 1.96. The lowest BCUT2D eigenvalue weighted by Gasteiger charge is -2.17. The maximum atomic E-state index is 12.6. The molecule has 2 aromatic rings. The fourth-order valence-corrected chi connectivity index (χ4v) is 2.48. The van der Waals surface area contributed by atoms with Crippen LogP contribution in [0, 0.1) is 0 Å². The van der Waals surface area contributed by atoms with Crippen LogP contribution in [-0.2, 0) is 4.79 Å². The molecule has 1 N–H and O–H groups in total. The van der Waals surface area contributed by atoms with Crippen molar-refractivity contribution in [1.29, 1.82) is 0 Å². The Kier molecular flexibility index (Phi) is 6.01. The van der Waals surface area contributed by atoms with Gasteiger partial charge >= 0.3 is 0 Å². The highest BCUT2D eigenvalue weighted by Gasteiger charge is 2.19. The summed E-state index contributed by atoms with van der Waals surface area (Å²) < 4.78 is 0. The molecule has 0 saturated heterocycles. The zero-order chi connectivity index (χ0) is 14.9. The van der Waals surface area contributed by atoms with Crippen LogP contribution in [0.3, 0.4) is 0 Å². The van der Waals surface area contributed by atoms with Gasteiger partial charge in [0.1, 0.15) is 0 Å². The molecule has 0 fully saturated rings. The highest BCUT2D eigenvalue weighted by molar-refractivity contribution is 5.95. The molecule has 0 bridgehead atoms. The molecule has 2 nitrogen and oxygen atoms in total. The Bertz CT molecular complexity index is 536. The number of hydrogen-bond donors (Lipinski definition) is 1. The van der Waals surface area contributed by atoms with Gasteiger partial charge in [0, 0.05) is 5.69 Å². The molecule has 1 amide bonds. The number of unbranched alkanes of at least 4 members (excludes halogenated alkanes) is 2. The van der Waals surface area contributed by atoms with Gasteiger partial charge in [-0.15, -0.1) is 0 Å². The molecule has 2 rings (SSSR count). The molecule has 0 radical (unpaired) electrons. The summed E-state index contributed by atoms with van der Waals surface area (Å²) in [7, 11) is 0. The van der Waals surface area contributed by atoms with Gasteiger partial charge < -0.3 is 5.32 Å².